The van der Waals surface area contributed by atoms with E-state index in [9.17, 15) is 19.2 Å². The highest BCUT2D eigenvalue weighted by Gasteiger charge is 2.32. The molecule has 3 aromatic rings. The Bertz CT molecular complexity index is 1310. The van der Waals surface area contributed by atoms with Crippen molar-refractivity contribution in [1.82, 2.24) is 4.90 Å². The van der Waals surface area contributed by atoms with Crippen LogP contribution in [0.5, 0.6) is 0 Å². The number of amides is 2. The van der Waals surface area contributed by atoms with Crippen molar-refractivity contribution in [1.29, 1.82) is 0 Å². The van der Waals surface area contributed by atoms with E-state index in [4.69, 9.17) is 9.47 Å². The zero-order valence-corrected chi connectivity index (χ0v) is 21.2. The molecule has 4 rings (SSSR count). The summed E-state index contributed by atoms with van der Waals surface area (Å²) in [6, 6.07) is 21.2. The number of benzene rings is 3. The lowest BCUT2D eigenvalue weighted by molar-refractivity contribution is -0.128. The molecule has 190 valence electrons. The Kier molecular flexibility index (Phi) is 8.25. The maximum atomic E-state index is 13.0. The van der Waals surface area contributed by atoms with Crippen LogP contribution in [0.3, 0.4) is 0 Å². The minimum absolute atomic E-state index is 0.0913. The number of hydrogen-bond donors (Lipinski definition) is 1. The number of thioether (sulfide) groups is 1. The van der Waals surface area contributed by atoms with Crippen molar-refractivity contribution in [3.05, 3.63) is 101 Å². The predicted octanol–water partition coefficient (Wildman–Crippen LogP) is 4.33. The number of carbonyl (C=O) groups excluding carboxylic acids is 4. The van der Waals surface area contributed by atoms with Crippen LogP contribution in [0.15, 0.2) is 72.8 Å². The second-order valence-electron chi connectivity index (χ2n) is 8.31. The molecule has 3 aromatic carbocycles. The molecule has 0 bridgehead atoms. The maximum absolute atomic E-state index is 13.0. The van der Waals surface area contributed by atoms with Gasteiger partial charge in [-0.15, -0.1) is 11.8 Å². The van der Waals surface area contributed by atoms with Gasteiger partial charge in [-0.1, -0.05) is 42.5 Å². The molecule has 0 saturated carbocycles. The van der Waals surface area contributed by atoms with Crippen molar-refractivity contribution in [3.8, 4) is 0 Å². The molecular weight excluding hydrogens is 492 g/mol. The lowest BCUT2D eigenvalue weighted by Gasteiger charge is -2.24. The van der Waals surface area contributed by atoms with Gasteiger partial charge in [-0.25, -0.2) is 9.59 Å². The average molecular weight is 519 g/mol. The molecule has 1 atom stereocenters. The summed E-state index contributed by atoms with van der Waals surface area (Å²) in [6.45, 7) is 0.607. The molecular formula is C28H26N2O6S. The predicted molar refractivity (Wildman–Crippen MR) is 141 cm³/mol. The van der Waals surface area contributed by atoms with Crippen molar-refractivity contribution in [2.45, 2.75) is 11.8 Å². The van der Waals surface area contributed by atoms with Crippen LogP contribution in [0.25, 0.3) is 0 Å². The standard InChI is InChI=1S/C28H26N2O6S/c1-35-27(33)21-12-13-22(28(34)36-2)23(16-21)29-25(32)19-8-10-20(11-9-19)26-30(24(31)17-37-26)15-14-18-6-4-3-5-7-18/h3-13,16,26H,14-15,17H2,1-2H3,(H,29,32). The van der Waals surface area contributed by atoms with Gasteiger partial charge in [0.05, 0.1) is 36.8 Å². The van der Waals surface area contributed by atoms with Crippen LogP contribution in [-0.4, -0.2) is 55.2 Å². The zero-order valence-electron chi connectivity index (χ0n) is 20.4. The second kappa shape index (κ2) is 11.7. The van der Waals surface area contributed by atoms with Gasteiger partial charge in [0.1, 0.15) is 5.37 Å². The smallest absolute Gasteiger partial charge is 0.339 e. The molecule has 1 fully saturated rings. The quantitative estimate of drug-likeness (QED) is 0.443. The number of rotatable bonds is 8. The molecule has 0 radical (unpaired) electrons. The van der Waals surface area contributed by atoms with Gasteiger partial charge in [0.2, 0.25) is 5.91 Å². The Hall–Kier alpha value is -4.11. The van der Waals surface area contributed by atoms with Crippen molar-refractivity contribution in [3.63, 3.8) is 0 Å². The summed E-state index contributed by atoms with van der Waals surface area (Å²) in [7, 11) is 2.48. The Balaban J connectivity index is 1.49. The Morgan fingerprint density at radius 3 is 2.27 bits per heavy atom. The third-order valence-corrected chi connectivity index (χ3v) is 7.26. The van der Waals surface area contributed by atoms with Crippen LogP contribution in [-0.2, 0) is 20.7 Å². The Morgan fingerprint density at radius 2 is 1.59 bits per heavy atom. The van der Waals surface area contributed by atoms with Crippen molar-refractivity contribution < 1.29 is 28.7 Å². The molecule has 0 aromatic heterocycles. The van der Waals surface area contributed by atoms with Gasteiger partial charge >= 0.3 is 11.9 Å². The summed E-state index contributed by atoms with van der Waals surface area (Å²) in [4.78, 5) is 51.5. The van der Waals surface area contributed by atoms with E-state index < -0.39 is 17.8 Å². The topological polar surface area (TPSA) is 102 Å². The SMILES string of the molecule is COC(=O)c1ccc(C(=O)OC)c(NC(=O)c2ccc(C3SCC(=O)N3CCc3ccccc3)cc2)c1. The molecule has 1 N–H and O–H groups in total. The maximum Gasteiger partial charge on any atom is 0.339 e. The summed E-state index contributed by atoms with van der Waals surface area (Å²) < 4.78 is 9.52. The summed E-state index contributed by atoms with van der Waals surface area (Å²) in [5.74, 6) is -1.21. The van der Waals surface area contributed by atoms with E-state index in [1.165, 1.54) is 38.0 Å². The van der Waals surface area contributed by atoms with E-state index in [-0.39, 0.29) is 28.1 Å². The summed E-state index contributed by atoms with van der Waals surface area (Å²) >= 11 is 1.56. The molecule has 1 heterocycles. The monoisotopic (exact) mass is 518 g/mol. The van der Waals surface area contributed by atoms with Gasteiger partial charge in [-0.3, -0.25) is 9.59 Å². The van der Waals surface area contributed by atoms with E-state index in [1.54, 1.807) is 23.9 Å². The summed E-state index contributed by atoms with van der Waals surface area (Å²) in [5, 5.41) is 2.56. The minimum Gasteiger partial charge on any atom is -0.465 e. The lowest BCUT2D eigenvalue weighted by Crippen LogP contribution is -2.30. The normalized spacial score (nSPS) is 14.8. The summed E-state index contributed by atoms with van der Waals surface area (Å²) in [6.07, 6.45) is 0.761. The van der Waals surface area contributed by atoms with Gasteiger partial charge < -0.3 is 19.7 Å². The molecule has 1 aliphatic rings. The van der Waals surface area contributed by atoms with Crippen molar-refractivity contribution in [2.75, 3.05) is 31.8 Å². The highest BCUT2D eigenvalue weighted by atomic mass is 32.2. The number of nitrogens with zero attached hydrogens (tertiary/aromatic N) is 1. The molecule has 1 saturated heterocycles. The molecule has 2 amide bonds. The third kappa shape index (κ3) is 6.00. The van der Waals surface area contributed by atoms with Gasteiger partial charge in [0.15, 0.2) is 0 Å². The minimum atomic E-state index is -0.652. The van der Waals surface area contributed by atoms with E-state index >= 15 is 0 Å². The Labute approximate surface area is 218 Å². The number of methoxy groups -OCH3 is 2. The van der Waals surface area contributed by atoms with Gasteiger partial charge in [0.25, 0.3) is 5.91 Å². The first-order valence-corrected chi connectivity index (χ1v) is 12.6. The summed E-state index contributed by atoms with van der Waals surface area (Å²) in [5.41, 5.74) is 2.86. The lowest BCUT2D eigenvalue weighted by atomic mass is 10.1. The Morgan fingerprint density at radius 1 is 0.919 bits per heavy atom. The fraction of sp³-hybridized carbons (Fsp3) is 0.214. The first kappa shape index (κ1) is 26.0. The van der Waals surface area contributed by atoms with Crippen LogP contribution in [0.2, 0.25) is 0 Å². The van der Waals surface area contributed by atoms with E-state index in [0.29, 0.717) is 17.9 Å². The largest absolute Gasteiger partial charge is 0.465 e. The van der Waals surface area contributed by atoms with Gasteiger partial charge in [-0.2, -0.15) is 0 Å². The van der Waals surface area contributed by atoms with Crippen molar-refractivity contribution in [2.24, 2.45) is 0 Å². The molecule has 1 aliphatic heterocycles. The van der Waals surface area contributed by atoms with Crippen LogP contribution in [0.1, 0.15) is 47.6 Å². The van der Waals surface area contributed by atoms with Crippen molar-refractivity contribution >= 4 is 41.2 Å². The molecule has 37 heavy (non-hydrogen) atoms. The number of carbonyl (C=O) groups is 4. The van der Waals surface area contributed by atoms with Gasteiger partial charge in [-0.05, 0) is 47.9 Å². The number of nitrogens with one attached hydrogen (secondary N) is 1. The van der Waals surface area contributed by atoms with Crippen LogP contribution < -0.4 is 5.32 Å². The molecule has 1 unspecified atom stereocenters. The first-order valence-electron chi connectivity index (χ1n) is 11.6. The zero-order chi connectivity index (χ0) is 26.4. The van der Waals surface area contributed by atoms with Crippen LogP contribution in [0.4, 0.5) is 5.69 Å². The van der Waals surface area contributed by atoms with Crippen LogP contribution in [0, 0.1) is 0 Å². The molecule has 9 heteroatoms. The van der Waals surface area contributed by atoms with Crippen LogP contribution >= 0.6 is 11.8 Å². The number of esters is 2. The highest BCUT2D eigenvalue weighted by Crippen LogP contribution is 2.38. The molecule has 0 spiro atoms. The first-order chi connectivity index (χ1) is 17.9. The molecule has 8 nitrogen and oxygen atoms in total. The number of ether oxygens (including phenoxy) is 2. The fourth-order valence-electron chi connectivity index (χ4n) is 4.04. The van der Waals surface area contributed by atoms with E-state index in [0.717, 1.165) is 12.0 Å². The number of hydrogen-bond acceptors (Lipinski definition) is 7. The number of anilines is 1. The second-order valence-corrected chi connectivity index (χ2v) is 9.37. The third-order valence-electron chi connectivity index (χ3n) is 6.00. The average Bonchev–Trinajstić information content (AvgIpc) is 3.31. The van der Waals surface area contributed by atoms with Gasteiger partial charge in [0, 0.05) is 12.1 Å². The fourth-order valence-corrected chi connectivity index (χ4v) is 5.26. The highest BCUT2D eigenvalue weighted by molar-refractivity contribution is 8.00. The van der Waals surface area contributed by atoms with E-state index in [2.05, 4.69) is 5.32 Å². The molecule has 0 aliphatic carbocycles. The van der Waals surface area contributed by atoms with E-state index in [1.807, 2.05) is 47.4 Å².